The molecule has 0 aromatic heterocycles. The summed E-state index contributed by atoms with van der Waals surface area (Å²) in [6.45, 7) is 0. The molecule has 7 heteroatoms. The molecule has 0 fully saturated rings. The lowest BCUT2D eigenvalue weighted by molar-refractivity contribution is 0.0937. The van der Waals surface area contributed by atoms with Gasteiger partial charge in [-0.05, 0) is 42.0 Å². The minimum atomic E-state index is -1.79. The SMILES string of the molecule is O=C(NC(c1ccc(F)cc1)C(Cl)(Cl)Cl)c1ccc(Cl)cc1. The van der Waals surface area contributed by atoms with E-state index in [0.29, 0.717) is 16.1 Å². The van der Waals surface area contributed by atoms with Crippen molar-refractivity contribution in [1.29, 1.82) is 0 Å². The summed E-state index contributed by atoms with van der Waals surface area (Å²) in [5.74, 6) is -0.854. The molecule has 0 bridgehead atoms. The predicted molar refractivity (Wildman–Crippen MR) is 88.3 cm³/mol. The third-order valence-corrected chi connectivity index (χ3v) is 3.82. The van der Waals surface area contributed by atoms with Gasteiger partial charge in [0.05, 0.1) is 0 Å². The summed E-state index contributed by atoms with van der Waals surface area (Å²) in [5.41, 5.74) is 0.842. The van der Waals surface area contributed by atoms with Gasteiger partial charge in [0.15, 0.2) is 0 Å². The van der Waals surface area contributed by atoms with Crippen LogP contribution in [-0.4, -0.2) is 9.70 Å². The number of benzene rings is 2. The Morgan fingerprint density at radius 1 is 1.00 bits per heavy atom. The van der Waals surface area contributed by atoms with Crippen LogP contribution in [0.2, 0.25) is 5.02 Å². The van der Waals surface area contributed by atoms with Gasteiger partial charge in [-0.1, -0.05) is 58.5 Å². The maximum Gasteiger partial charge on any atom is 0.251 e. The van der Waals surface area contributed by atoms with E-state index in [1.807, 2.05) is 0 Å². The third-order valence-electron chi connectivity index (χ3n) is 2.91. The van der Waals surface area contributed by atoms with E-state index in [-0.39, 0.29) is 0 Å². The van der Waals surface area contributed by atoms with Gasteiger partial charge in [-0.15, -0.1) is 0 Å². The number of carbonyl (C=O) groups is 1. The first-order valence-electron chi connectivity index (χ1n) is 6.16. The molecule has 1 amide bonds. The molecule has 0 aliphatic carbocycles. The van der Waals surface area contributed by atoms with Crippen molar-refractivity contribution in [2.45, 2.75) is 9.83 Å². The van der Waals surface area contributed by atoms with E-state index in [1.54, 1.807) is 24.3 Å². The highest BCUT2D eigenvalue weighted by atomic mass is 35.6. The Morgan fingerprint density at radius 3 is 2.05 bits per heavy atom. The summed E-state index contributed by atoms with van der Waals surface area (Å²) in [4.78, 5) is 12.2. The van der Waals surface area contributed by atoms with Crippen LogP contribution >= 0.6 is 46.4 Å². The molecule has 116 valence electrons. The molecule has 2 nitrogen and oxygen atoms in total. The van der Waals surface area contributed by atoms with Crippen molar-refractivity contribution in [3.63, 3.8) is 0 Å². The number of rotatable bonds is 3. The molecule has 1 N–H and O–H groups in total. The van der Waals surface area contributed by atoms with Gasteiger partial charge in [0, 0.05) is 10.6 Å². The van der Waals surface area contributed by atoms with E-state index in [0.717, 1.165) is 0 Å². The highest BCUT2D eigenvalue weighted by Gasteiger charge is 2.35. The lowest BCUT2D eigenvalue weighted by atomic mass is 10.1. The molecule has 0 saturated carbocycles. The Morgan fingerprint density at radius 2 is 1.55 bits per heavy atom. The molecule has 0 saturated heterocycles. The van der Waals surface area contributed by atoms with E-state index in [4.69, 9.17) is 46.4 Å². The van der Waals surface area contributed by atoms with Crippen LogP contribution in [0.25, 0.3) is 0 Å². The Labute approximate surface area is 147 Å². The van der Waals surface area contributed by atoms with Gasteiger partial charge in [0.1, 0.15) is 11.9 Å². The summed E-state index contributed by atoms with van der Waals surface area (Å²) in [6, 6.07) is 10.7. The van der Waals surface area contributed by atoms with Gasteiger partial charge in [0.25, 0.3) is 5.91 Å². The second-order valence-corrected chi connectivity index (χ2v) is 7.31. The van der Waals surface area contributed by atoms with E-state index in [2.05, 4.69) is 5.32 Å². The average molecular weight is 381 g/mol. The Balaban J connectivity index is 2.25. The van der Waals surface area contributed by atoms with Crippen LogP contribution in [0.5, 0.6) is 0 Å². The molecule has 0 spiro atoms. The fourth-order valence-electron chi connectivity index (χ4n) is 1.83. The molecule has 0 heterocycles. The zero-order valence-corrected chi connectivity index (χ0v) is 14.0. The second kappa shape index (κ2) is 7.05. The summed E-state index contributed by atoms with van der Waals surface area (Å²) in [6.07, 6.45) is 0. The first-order valence-corrected chi connectivity index (χ1v) is 7.67. The van der Waals surface area contributed by atoms with Crippen LogP contribution in [-0.2, 0) is 0 Å². The monoisotopic (exact) mass is 379 g/mol. The van der Waals surface area contributed by atoms with Crippen LogP contribution < -0.4 is 5.32 Å². The zero-order valence-electron chi connectivity index (χ0n) is 11.0. The van der Waals surface area contributed by atoms with E-state index in [9.17, 15) is 9.18 Å². The van der Waals surface area contributed by atoms with E-state index in [1.165, 1.54) is 24.3 Å². The Kier molecular flexibility index (Phi) is 5.56. The lowest BCUT2D eigenvalue weighted by Gasteiger charge is -2.26. The van der Waals surface area contributed by atoms with Crippen LogP contribution in [0.15, 0.2) is 48.5 Å². The number of alkyl halides is 3. The fourth-order valence-corrected chi connectivity index (χ4v) is 2.49. The third kappa shape index (κ3) is 4.50. The number of hydrogen-bond donors (Lipinski definition) is 1. The van der Waals surface area contributed by atoms with Gasteiger partial charge in [-0.2, -0.15) is 0 Å². The van der Waals surface area contributed by atoms with E-state index >= 15 is 0 Å². The fraction of sp³-hybridized carbons (Fsp3) is 0.133. The highest BCUT2D eigenvalue weighted by Crippen LogP contribution is 2.40. The number of carbonyl (C=O) groups excluding carboxylic acids is 1. The Bertz CT molecular complexity index is 653. The maximum absolute atomic E-state index is 13.0. The molecule has 2 rings (SSSR count). The zero-order chi connectivity index (χ0) is 16.3. The maximum atomic E-state index is 13.0. The van der Waals surface area contributed by atoms with Crippen molar-refractivity contribution in [3.05, 3.63) is 70.5 Å². The van der Waals surface area contributed by atoms with Crippen LogP contribution in [0.1, 0.15) is 22.0 Å². The summed E-state index contributed by atoms with van der Waals surface area (Å²) >= 11 is 23.6. The van der Waals surface area contributed by atoms with Crippen molar-refractivity contribution in [3.8, 4) is 0 Å². The molecule has 0 aliphatic heterocycles. The highest BCUT2D eigenvalue weighted by molar-refractivity contribution is 6.68. The number of amides is 1. The Hall–Kier alpha value is -1.000. The van der Waals surface area contributed by atoms with E-state index < -0.39 is 21.6 Å². The van der Waals surface area contributed by atoms with Crippen molar-refractivity contribution in [2.24, 2.45) is 0 Å². The van der Waals surface area contributed by atoms with Gasteiger partial charge in [-0.25, -0.2) is 4.39 Å². The molecule has 0 aliphatic rings. The van der Waals surface area contributed by atoms with Crippen LogP contribution in [0, 0.1) is 5.82 Å². The topological polar surface area (TPSA) is 29.1 Å². The smallest absolute Gasteiger partial charge is 0.251 e. The lowest BCUT2D eigenvalue weighted by Crippen LogP contribution is -2.36. The normalized spacial score (nSPS) is 12.8. The quantitative estimate of drug-likeness (QED) is 0.717. The van der Waals surface area contributed by atoms with Gasteiger partial charge in [0.2, 0.25) is 3.79 Å². The number of nitrogens with one attached hydrogen (secondary N) is 1. The summed E-state index contributed by atoms with van der Waals surface area (Å²) in [5, 5.41) is 3.14. The molecule has 1 atom stereocenters. The second-order valence-electron chi connectivity index (χ2n) is 4.51. The van der Waals surface area contributed by atoms with Gasteiger partial charge >= 0.3 is 0 Å². The number of hydrogen-bond acceptors (Lipinski definition) is 1. The van der Waals surface area contributed by atoms with Gasteiger partial charge in [-0.3, -0.25) is 4.79 Å². The summed E-state index contributed by atoms with van der Waals surface area (Å²) in [7, 11) is 0. The van der Waals surface area contributed by atoms with Crippen LogP contribution in [0.4, 0.5) is 4.39 Å². The number of halogens is 5. The van der Waals surface area contributed by atoms with Crippen molar-refractivity contribution >= 4 is 52.3 Å². The first-order chi connectivity index (χ1) is 10.3. The van der Waals surface area contributed by atoms with Crippen molar-refractivity contribution < 1.29 is 9.18 Å². The standard InChI is InChI=1S/C15H10Cl4FNO/c16-11-5-1-10(2-6-11)14(22)21-13(15(17,18)19)9-3-7-12(20)8-4-9/h1-8,13H,(H,21,22). The molecule has 2 aromatic rings. The summed E-state index contributed by atoms with van der Waals surface area (Å²) < 4.78 is 11.2. The predicted octanol–water partition coefficient (Wildman–Crippen LogP) is 5.32. The van der Waals surface area contributed by atoms with Crippen LogP contribution in [0.3, 0.4) is 0 Å². The first kappa shape index (κ1) is 17.4. The molecule has 0 radical (unpaired) electrons. The molecule has 2 aromatic carbocycles. The van der Waals surface area contributed by atoms with Crippen molar-refractivity contribution in [2.75, 3.05) is 0 Å². The molecular formula is C15H10Cl4FNO. The minimum Gasteiger partial charge on any atom is -0.341 e. The van der Waals surface area contributed by atoms with Crippen molar-refractivity contribution in [1.82, 2.24) is 5.32 Å². The molecule has 1 unspecified atom stereocenters. The average Bonchev–Trinajstić information content (AvgIpc) is 2.45. The molecule has 22 heavy (non-hydrogen) atoms. The van der Waals surface area contributed by atoms with Gasteiger partial charge < -0.3 is 5.32 Å². The minimum absolute atomic E-state index is 0.366. The largest absolute Gasteiger partial charge is 0.341 e. The molecular weight excluding hydrogens is 371 g/mol.